The summed E-state index contributed by atoms with van der Waals surface area (Å²) in [6.07, 6.45) is 1.72. The average molecular weight is 407 g/mol. The van der Waals surface area contributed by atoms with Crippen molar-refractivity contribution in [1.29, 1.82) is 0 Å². The molecule has 4 rings (SSSR count). The molecule has 30 heavy (non-hydrogen) atoms. The minimum Gasteiger partial charge on any atom is -0.399 e. The summed E-state index contributed by atoms with van der Waals surface area (Å²) in [6.45, 7) is 5.42. The van der Waals surface area contributed by atoms with Crippen LogP contribution >= 0.6 is 0 Å². The predicted molar refractivity (Wildman–Crippen MR) is 120 cm³/mol. The predicted octanol–water partition coefficient (Wildman–Crippen LogP) is 3.75. The molecule has 0 unspecified atom stereocenters. The van der Waals surface area contributed by atoms with Crippen molar-refractivity contribution in [2.75, 3.05) is 54.5 Å². The van der Waals surface area contributed by atoms with Gasteiger partial charge in [-0.15, -0.1) is 0 Å². The molecule has 1 saturated heterocycles. The molecule has 1 aliphatic heterocycles. The minimum atomic E-state index is -0.255. The number of nitrogens with zero attached hydrogens (tertiary/aromatic N) is 4. The standard InChI is InChI=1S/C22H26FN7/c1-15-14-25-22(28-21(15)26-17-5-3-4-16(24)12-17)27-18-6-7-20(19(23)13-18)30-10-8-29(2)9-11-30/h3-7,12-14H,8-11,24H2,1-2H3,(H2,25,26,27,28). The Morgan fingerprint density at radius 2 is 1.77 bits per heavy atom. The van der Waals surface area contributed by atoms with Crippen LogP contribution in [0.5, 0.6) is 0 Å². The van der Waals surface area contributed by atoms with Gasteiger partial charge in [0.1, 0.15) is 11.6 Å². The second kappa shape index (κ2) is 8.54. The van der Waals surface area contributed by atoms with Gasteiger partial charge in [0.25, 0.3) is 0 Å². The molecule has 0 bridgehead atoms. The van der Waals surface area contributed by atoms with Crippen LogP contribution in [0, 0.1) is 12.7 Å². The Bertz CT molecular complexity index is 1030. The van der Waals surface area contributed by atoms with Gasteiger partial charge in [0.05, 0.1) is 5.69 Å². The first-order valence-corrected chi connectivity index (χ1v) is 9.94. The Kier molecular flexibility index (Phi) is 5.67. The molecule has 0 saturated carbocycles. The highest BCUT2D eigenvalue weighted by Gasteiger charge is 2.17. The maximum atomic E-state index is 14.7. The van der Waals surface area contributed by atoms with Crippen LogP contribution in [0.15, 0.2) is 48.7 Å². The number of likely N-dealkylation sites (N-methyl/N-ethyl adjacent to an activating group) is 1. The van der Waals surface area contributed by atoms with E-state index in [-0.39, 0.29) is 5.82 Å². The van der Waals surface area contributed by atoms with Gasteiger partial charge in [-0.2, -0.15) is 4.98 Å². The lowest BCUT2D eigenvalue weighted by molar-refractivity contribution is 0.311. The molecule has 2 heterocycles. The molecule has 1 aromatic heterocycles. The highest BCUT2D eigenvalue weighted by atomic mass is 19.1. The lowest BCUT2D eigenvalue weighted by Crippen LogP contribution is -2.44. The van der Waals surface area contributed by atoms with Gasteiger partial charge in [0, 0.05) is 55.0 Å². The summed E-state index contributed by atoms with van der Waals surface area (Å²) < 4.78 is 14.7. The van der Waals surface area contributed by atoms with Gasteiger partial charge in [0.2, 0.25) is 5.95 Å². The third kappa shape index (κ3) is 4.60. The smallest absolute Gasteiger partial charge is 0.229 e. The second-order valence-corrected chi connectivity index (χ2v) is 7.56. The molecule has 7 nitrogen and oxygen atoms in total. The molecule has 0 spiro atoms. The van der Waals surface area contributed by atoms with Gasteiger partial charge in [-0.05, 0) is 50.4 Å². The summed E-state index contributed by atoms with van der Waals surface area (Å²) in [7, 11) is 2.08. The lowest BCUT2D eigenvalue weighted by atomic mass is 10.2. The Hall–Kier alpha value is -3.39. The van der Waals surface area contributed by atoms with Crippen LogP contribution in [-0.2, 0) is 0 Å². The zero-order valence-electron chi connectivity index (χ0n) is 17.2. The molecule has 8 heteroatoms. The van der Waals surface area contributed by atoms with E-state index in [2.05, 4.69) is 37.4 Å². The fourth-order valence-corrected chi connectivity index (χ4v) is 3.40. The van der Waals surface area contributed by atoms with E-state index in [0.717, 1.165) is 37.4 Å². The first-order valence-electron chi connectivity index (χ1n) is 9.94. The summed E-state index contributed by atoms with van der Waals surface area (Å²) in [5.74, 6) is 0.793. The number of piperazine rings is 1. The molecule has 0 amide bonds. The molecule has 1 fully saturated rings. The Balaban J connectivity index is 1.49. The number of benzene rings is 2. The van der Waals surface area contributed by atoms with Crippen molar-refractivity contribution in [3.05, 3.63) is 60.0 Å². The number of anilines is 6. The zero-order chi connectivity index (χ0) is 21.1. The van der Waals surface area contributed by atoms with Gasteiger partial charge in [-0.25, -0.2) is 9.37 Å². The summed E-state index contributed by atoms with van der Waals surface area (Å²) in [5, 5.41) is 6.34. The highest BCUT2D eigenvalue weighted by molar-refractivity contribution is 5.65. The van der Waals surface area contributed by atoms with Gasteiger partial charge in [0.15, 0.2) is 0 Å². The van der Waals surface area contributed by atoms with Crippen molar-refractivity contribution < 1.29 is 4.39 Å². The molecule has 2 aromatic carbocycles. The molecule has 3 aromatic rings. The summed E-state index contributed by atoms with van der Waals surface area (Å²) in [4.78, 5) is 13.2. The van der Waals surface area contributed by atoms with Crippen molar-refractivity contribution in [3.8, 4) is 0 Å². The van der Waals surface area contributed by atoms with E-state index >= 15 is 0 Å². The number of nitrogen functional groups attached to an aromatic ring is 1. The van der Waals surface area contributed by atoms with Crippen LogP contribution in [0.1, 0.15) is 5.56 Å². The Labute approximate surface area is 175 Å². The zero-order valence-corrected chi connectivity index (χ0v) is 17.2. The maximum absolute atomic E-state index is 14.7. The van der Waals surface area contributed by atoms with Crippen LogP contribution in [0.4, 0.5) is 38.9 Å². The number of aromatic nitrogens is 2. The average Bonchev–Trinajstić information content (AvgIpc) is 2.72. The van der Waals surface area contributed by atoms with Gasteiger partial charge >= 0.3 is 0 Å². The van der Waals surface area contributed by atoms with E-state index < -0.39 is 0 Å². The van der Waals surface area contributed by atoms with E-state index in [1.54, 1.807) is 6.20 Å². The van der Waals surface area contributed by atoms with Crippen LogP contribution < -0.4 is 21.3 Å². The van der Waals surface area contributed by atoms with Gasteiger partial charge in [-0.3, -0.25) is 0 Å². The topological polar surface area (TPSA) is 82.3 Å². The highest BCUT2D eigenvalue weighted by Crippen LogP contribution is 2.26. The summed E-state index contributed by atoms with van der Waals surface area (Å²) >= 11 is 0. The maximum Gasteiger partial charge on any atom is 0.229 e. The monoisotopic (exact) mass is 407 g/mol. The van der Waals surface area contributed by atoms with Crippen molar-refractivity contribution in [3.63, 3.8) is 0 Å². The fourth-order valence-electron chi connectivity index (χ4n) is 3.40. The number of rotatable bonds is 5. The Morgan fingerprint density at radius 3 is 2.50 bits per heavy atom. The van der Waals surface area contributed by atoms with Crippen LogP contribution in [0.2, 0.25) is 0 Å². The van der Waals surface area contributed by atoms with Crippen molar-refractivity contribution in [2.45, 2.75) is 6.92 Å². The first-order chi connectivity index (χ1) is 14.5. The van der Waals surface area contributed by atoms with E-state index in [1.165, 1.54) is 6.07 Å². The van der Waals surface area contributed by atoms with Crippen molar-refractivity contribution in [2.24, 2.45) is 0 Å². The van der Waals surface area contributed by atoms with E-state index in [4.69, 9.17) is 5.73 Å². The molecule has 0 aliphatic carbocycles. The number of halogens is 1. The van der Waals surface area contributed by atoms with Crippen LogP contribution in [0.3, 0.4) is 0 Å². The number of nitrogens with one attached hydrogen (secondary N) is 2. The minimum absolute atomic E-state index is 0.255. The van der Waals surface area contributed by atoms with Crippen molar-refractivity contribution >= 4 is 34.5 Å². The Morgan fingerprint density at radius 1 is 1.00 bits per heavy atom. The van der Waals surface area contributed by atoms with Gasteiger partial charge in [-0.1, -0.05) is 6.07 Å². The SMILES string of the molecule is Cc1cnc(Nc2ccc(N3CCN(C)CC3)c(F)c2)nc1Nc1cccc(N)c1. The molecular formula is C22H26FN7. The molecule has 0 atom stereocenters. The van der Waals surface area contributed by atoms with E-state index in [1.807, 2.05) is 43.3 Å². The normalized spacial score (nSPS) is 14.6. The quantitative estimate of drug-likeness (QED) is 0.556. The van der Waals surface area contributed by atoms with E-state index in [0.29, 0.717) is 28.8 Å². The molecule has 1 aliphatic rings. The molecular weight excluding hydrogens is 381 g/mol. The summed E-state index contributed by atoms with van der Waals surface area (Å²) in [6, 6.07) is 12.6. The third-order valence-corrected chi connectivity index (χ3v) is 5.17. The number of aryl methyl sites for hydroxylation is 1. The summed E-state index contributed by atoms with van der Waals surface area (Å²) in [5.41, 5.74) is 9.47. The molecule has 0 radical (unpaired) electrons. The molecule has 4 N–H and O–H groups in total. The number of nitrogens with two attached hydrogens (primary N) is 1. The first kappa shape index (κ1) is 19.9. The number of hydrogen-bond donors (Lipinski definition) is 3. The fraction of sp³-hybridized carbons (Fsp3) is 0.273. The largest absolute Gasteiger partial charge is 0.399 e. The lowest BCUT2D eigenvalue weighted by Gasteiger charge is -2.34. The molecule has 156 valence electrons. The second-order valence-electron chi connectivity index (χ2n) is 7.56. The third-order valence-electron chi connectivity index (χ3n) is 5.17. The van der Waals surface area contributed by atoms with E-state index in [9.17, 15) is 4.39 Å². The van der Waals surface area contributed by atoms with Crippen LogP contribution in [-0.4, -0.2) is 48.1 Å². The van der Waals surface area contributed by atoms with Crippen molar-refractivity contribution in [1.82, 2.24) is 14.9 Å². The number of hydrogen-bond acceptors (Lipinski definition) is 7. The van der Waals surface area contributed by atoms with Crippen LogP contribution in [0.25, 0.3) is 0 Å². The van der Waals surface area contributed by atoms with Gasteiger partial charge < -0.3 is 26.2 Å².